The Hall–Kier alpha value is -0.840. The van der Waals surface area contributed by atoms with E-state index in [1.165, 1.54) is 5.56 Å². The molecule has 4 heteroatoms. The highest BCUT2D eigenvalue weighted by Gasteiger charge is 2.20. The average molecular weight is 294 g/mol. The molecular formula is C17H30N2O2. The Morgan fingerprint density at radius 3 is 2.71 bits per heavy atom. The smallest absolute Gasteiger partial charge is 0.118 e. The van der Waals surface area contributed by atoms with Gasteiger partial charge in [-0.1, -0.05) is 13.8 Å². The van der Waals surface area contributed by atoms with Crippen molar-refractivity contribution in [2.24, 2.45) is 5.92 Å². The minimum Gasteiger partial charge on any atom is -0.465 e. The Bertz CT molecular complexity index is 422. The molecule has 0 amide bonds. The first kappa shape index (κ1) is 16.5. The lowest BCUT2D eigenvalue weighted by molar-refractivity contribution is 0.0406. The number of hydrogen-bond donors (Lipinski definition) is 1. The molecule has 0 aromatic carbocycles. The largest absolute Gasteiger partial charge is 0.465 e. The van der Waals surface area contributed by atoms with Crippen LogP contribution in [0.1, 0.15) is 43.8 Å². The van der Waals surface area contributed by atoms with Gasteiger partial charge in [0.05, 0.1) is 6.54 Å². The zero-order valence-corrected chi connectivity index (χ0v) is 13.9. The Labute approximate surface area is 128 Å². The van der Waals surface area contributed by atoms with Crippen molar-refractivity contribution in [1.29, 1.82) is 0 Å². The molecule has 1 aliphatic heterocycles. The van der Waals surface area contributed by atoms with Crippen LogP contribution >= 0.6 is 0 Å². The van der Waals surface area contributed by atoms with E-state index >= 15 is 0 Å². The first-order chi connectivity index (χ1) is 10.1. The SMILES string of the molecule is Cc1oc(CNCC(C)C)cc1CN(C)C1CCOCC1. The van der Waals surface area contributed by atoms with E-state index < -0.39 is 0 Å². The summed E-state index contributed by atoms with van der Waals surface area (Å²) < 4.78 is 11.3. The van der Waals surface area contributed by atoms with Crippen molar-refractivity contribution in [3.63, 3.8) is 0 Å². The van der Waals surface area contributed by atoms with Gasteiger partial charge in [0.15, 0.2) is 0 Å². The monoisotopic (exact) mass is 294 g/mol. The van der Waals surface area contributed by atoms with Gasteiger partial charge in [-0.25, -0.2) is 0 Å². The molecule has 2 rings (SSSR count). The predicted molar refractivity (Wildman–Crippen MR) is 85.3 cm³/mol. The van der Waals surface area contributed by atoms with Crippen LogP contribution in [0.2, 0.25) is 0 Å². The lowest BCUT2D eigenvalue weighted by atomic mass is 10.1. The van der Waals surface area contributed by atoms with Gasteiger partial charge in [-0.2, -0.15) is 0 Å². The van der Waals surface area contributed by atoms with Crippen LogP contribution < -0.4 is 5.32 Å². The fourth-order valence-corrected chi connectivity index (χ4v) is 2.84. The molecule has 0 unspecified atom stereocenters. The van der Waals surface area contributed by atoms with E-state index in [4.69, 9.17) is 9.15 Å². The second kappa shape index (κ2) is 7.97. The van der Waals surface area contributed by atoms with Crippen molar-refractivity contribution < 1.29 is 9.15 Å². The molecule has 1 aromatic heterocycles. The van der Waals surface area contributed by atoms with Crippen molar-refractivity contribution in [3.05, 3.63) is 23.2 Å². The van der Waals surface area contributed by atoms with E-state index in [1.54, 1.807) is 0 Å². The normalized spacial score (nSPS) is 17.0. The number of hydrogen-bond acceptors (Lipinski definition) is 4. The van der Waals surface area contributed by atoms with Gasteiger partial charge >= 0.3 is 0 Å². The molecule has 2 heterocycles. The average Bonchev–Trinajstić information content (AvgIpc) is 2.79. The fourth-order valence-electron chi connectivity index (χ4n) is 2.84. The highest BCUT2D eigenvalue weighted by Crippen LogP contribution is 2.20. The van der Waals surface area contributed by atoms with Crippen molar-refractivity contribution in [1.82, 2.24) is 10.2 Å². The molecule has 21 heavy (non-hydrogen) atoms. The van der Waals surface area contributed by atoms with E-state index in [0.717, 1.165) is 57.2 Å². The van der Waals surface area contributed by atoms with Crippen LogP contribution in [0, 0.1) is 12.8 Å². The van der Waals surface area contributed by atoms with Gasteiger partial charge in [-0.15, -0.1) is 0 Å². The molecule has 1 saturated heterocycles. The molecule has 1 fully saturated rings. The lowest BCUT2D eigenvalue weighted by Crippen LogP contribution is -2.36. The summed E-state index contributed by atoms with van der Waals surface area (Å²) in [5, 5.41) is 3.43. The van der Waals surface area contributed by atoms with Crippen LogP contribution in [0.25, 0.3) is 0 Å². The zero-order chi connectivity index (χ0) is 15.2. The van der Waals surface area contributed by atoms with Crippen molar-refractivity contribution in [3.8, 4) is 0 Å². The van der Waals surface area contributed by atoms with Crippen LogP contribution in [0.5, 0.6) is 0 Å². The van der Waals surface area contributed by atoms with Gasteiger partial charge in [0.25, 0.3) is 0 Å². The molecule has 1 aliphatic rings. The fraction of sp³-hybridized carbons (Fsp3) is 0.765. The minimum atomic E-state index is 0.635. The molecule has 1 aromatic rings. The Morgan fingerprint density at radius 1 is 1.33 bits per heavy atom. The van der Waals surface area contributed by atoms with Crippen LogP contribution in [0.4, 0.5) is 0 Å². The number of furan rings is 1. The van der Waals surface area contributed by atoms with E-state index in [1.807, 2.05) is 0 Å². The molecule has 0 bridgehead atoms. The Morgan fingerprint density at radius 2 is 2.05 bits per heavy atom. The van der Waals surface area contributed by atoms with Gasteiger partial charge in [-0.3, -0.25) is 4.90 Å². The second-order valence-corrected chi connectivity index (χ2v) is 6.58. The van der Waals surface area contributed by atoms with E-state index in [2.05, 4.69) is 44.1 Å². The van der Waals surface area contributed by atoms with Crippen LogP contribution in [-0.4, -0.2) is 37.7 Å². The summed E-state index contributed by atoms with van der Waals surface area (Å²) in [5.41, 5.74) is 1.31. The maximum absolute atomic E-state index is 5.87. The zero-order valence-electron chi connectivity index (χ0n) is 13.9. The van der Waals surface area contributed by atoms with Crippen molar-refractivity contribution in [2.45, 2.75) is 52.7 Å². The first-order valence-electron chi connectivity index (χ1n) is 8.13. The van der Waals surface area contributed by atoms with Crippen LogP contribution in [0.15, 0.2) is 10.5 Å². The number of aryl methyl sites for hydroxylation is 1. The molecule has 0 aliphatic carbocycles. The summed E-state index contributed by atoms with van der Waals surface area (Å²) in [6.07, 6.45) is 2.27. The van der Waals surface area contributed by atoms with Crippen LogP contribution in [0.3, 0.4) is 0 Å². The molecule has 0 saturated carbocycles. The number of nitrogens with one attached hydrogen (secondary N) is 1. The standard InChI is InChI=1S/C17H30N2O2/c1-13(2)10-18-11-17-9-15(14(3)21-17)12-19(4)16-5-7-20-8-6-16/h9,13,16,18H,5-8,10-12H2,1-4H3. The maximum atomic E-state index is 5.87. The molecule has 0 atom stereocenters. The van der Waals surface area contributed by atoms with Crippen molar-refractivity contribution >= 4 is 0 Å². The minimum absolute atomic E-state index is 0.635. The maximum Gasteiger partial charge on any atom is 0.118 e. The summed E-state index contributed by atoms with van der Waals surface area (Å²) in [5.74, 6) is 2.76. The Balaban J connectivity index is 1.86. The number of nitrogens with zero attached hydrogens (tertiary/aromatic N) is 1. The van der Waals surface area contributed by atoms with Gasteiger partial charge in [-0.05, 0) is 45.3 Å². The summed E-state index contributed by atoms with van der Waals surface area (Å²) in [7, 11) is 2.21. The molecule has 1 N–H and O–H groups in total. The summed E-state index contributed by atoms with van der Waals surface area (Å²) in [6.45, 7) is 11.1. The highest BCUT2D eigenvalue weighted by atomic mass is 16.5. The van der Waals surface area contributed by atoms with Gasteiger partial charge < -0.3 is 14.5 Å². The quantitative estimate of drug-likeness (QED) is 0.839. The molecule has 120 valence electrons. The number of ether oxygens (including phenoxy) is 1. The predicted octanol–water partition coefficient (Wildman–Crippen LogP) is 2.94. The third-order valence-corrected chi connectivity index (χ3v) is 4.16. The summed E-state index contributed by atoms with van der Waals surface area (Å²) in [6, 6.07) is 2.84. The van der Waals surface area contributed by atoms with Gasteiger partial charge in [0.2, 0.25) is 0 Å². The lowest BCUT2D eigenvalue weighted by Gasteiger charge is -2.30. The third-order valence-electron chi connectivity index (χ3n) is 4.16. The molecule has 4 nitrogen and oxygen atoms in total. The second-order valence-electron chi connectivity index (χ2n) is 6.58. The first-order valence-corrected chi connectivity index (χ1v) is 8.13. The highest BCUT2D eigenvalue weighted by molar-refractivity contribution is 5.20. The topological polar surface area (TPSA) is 37.6 Å². The van der Waals surface area contributed by atoms with E-state index in [0.29, 0.717) is 12.0 Å². The van der Waals surface area contributed by atoms with E-state index in [9.17, 15) is 0 Å². The van der Waals surface area contributed by atoms with Crippen molar-refractivity contribution in [2.75, 3.05) is 26.8 Å². The van der Waals surface area contributed by atoms with Crippen LogP contribution in [-0.2, 0) is 17.8 Å². The van der Waals surface area contributed by atoms with Gasteiger partial charge in [0.1, 0.15) is 11.5 Å². The summed E-state index contributed by atoms with van der Waals surface area (Å²) >= 11 is 0. The molecule has 0 radical (unpaired) electrons. The van der Waals surface area contributed by atoms with Gasteiger partial charge in [0, 0.05) is 31.4 Å². The molecule has 0 spiro atoms. The molecular weight excluding hydrogens is 264 g/mol. The third kappa shape index (κ3) is 5.13. The summed E-state index contributed by atoms with van der Waals surface area (Å²) in [4.78, 5) is 2.44. The Kier molecular flexibility index (Phi) is 6.27. The van der Waals surface area contributed by atoms with E-state index in [-0.39, 0.29) is 0 Å². The number of rotatable bonds is 7.